The van der Waals surface area contributed by atoms with Crippen LogP contribution in [0.4, 0.5) is 4.39 Å². The lowest BCUT2D eigenvalue weighted by Crippen LogP contribution is -2.51. The lowest BCUT2D eigenvalue weighted by molar-refractivity contribution is -0.139. The number of hydrogen-bond donors (Lipinski definition) is 1. The third kappa shape index (κ3) is 7.62. The Labute approximate surface area is 209 Å². The van der Waals surface area contributed by atoms with E-state index in [1.165, 1.54) is 23.9 Å². The normalized spacial score (nSPS) is 14.8. The monoisotopic (exact) mass is 510 g/mol. The van der Waals surface area contributed by atoms with Crippen molar-refractivity contribution < 1.29 is 14.0 Å². The Morgan fingerprint density at radius 2 is 1.76 bits per heavy atom. The van der Waals surface area contributed by atoms with Crippen LogP contribution in [0.1, 0.15) is 50.2 Å². The van der Waals surface area contributed by atoms with Gasteiger partial charge in [-0.15, -0.1) is 11.8 Å². The van der Waals surface area contributed by atoms with Crippen LogP contribution in [-0.2, 0) is 21.9 Å². The molecule has 1 saturated carbocycles. The van der Waals surface area contributed by atoms with Crippen LogP contribution in [0.5, 0.6) is 0 Å². The molecular formula is C25H29Cl2FN2O2S. The maximum atomic E-state index is 13.3. The van der Waals surface area contributed by atoms with E-state index in [0.717, 1.165) is 36.8 Å². The highest BCUT2D eigenvalue weighted by Gasteiger charge is 2.30. The fraction of sp³-hybridized carbons (Fsp3) is 0.440. The van der Waals surface area contributed by atoms with Crippen molar-refractivity contribution in [1.29, 1.82) is 0 Å². The summed E-state index contributed by atoms with van der Waals surface area (Å²) in [7, 11) is 0. The van der Waals surface area contributed by atoms with Gasteiger partial charge in [0.15, 0.2) is 0 Å². The summed E-state index contributed by atoms with van der Waals surface area (Å²) in [5, 5.41) is 3.99. The van der Waals surface area contributed by atoms with Gasteiger partial charge in [0, 0.05) is 18.3 Å². The molecule has 0 spiro atoms. The number of nitrogens with zero attached hydrogens (tertiary/aromatic N) is 1. The van der Waals surface area contributed by atoms with E-state index >= 15 is 0 Å². The fourth-order valence-corrected chi connectivity index (χ4v) is 5.23. The Balaban J connectivity index is 1.71. The molecule has 0 aliphatic heterocycles. The molecule has 8 heteroatoms. The quantitative estimate of drug-likeness (QED) is 0.411. The smallest absolute Gasteiger partial charge is 0.243 e. The van der Waals surface area contributed by atoms with Gasteiger partial charge in [-0.1, -0.05) is 61.2 Å². The standard InChI is InChI=1S/C25H29Cl2FN2O2S/c1-2-23(25(32)29-20-5-3-4-6-20)30(14-18-9-12-21(26)22(27)13-18)24(31)16-33-15-17-7-10-19(28)11-8-17/h7-13,20,23H,2-6,14-16H2,1H3,(H,29,32)/t23-/m1/s1. The SMILES string of the molecule is CC[C@H](C(=O)NC1CCCC1)N(Cc1ccc(Cl)c(Cl)c1)C(=O)CSCc1ccc(F)cc1. The van der Waals surface area contributed by atoms with Crippen molar-refractivity contribution in [2.24, 2.45) is 0 Å². The van der Waals surface area contributed by atoms with Crippen LogP contribution in [0.2, 0.25) is 10.0 Å². The van der Waals surface area contributed by atoms with E-state index in [0.29, 0.717) is 22.2 Å². The summed E-state index contributed by atoms with van der Waals surface area (Å²) in [5.41, 5.74) is 1.75. The summed E-state index contributed by atoms with van der Waals surface area (Å²) < 4.78 is 13.1. The Bertz CT molecular complexity index is 952. The van der Waals surface area contributed by atoms with Crippen LogP contribution in [0.3, 0.4) is 0 Å². The highest BCUT2D eigenvalue weighted by molar-refractivity contribution is 7.99. The zero-order chi connectivity index (χ0) is 23.8. The number of nitrogens with one attached hydrogen (secondary N) is 1. The Morgan fingerprint density at radius 3 is 2.39 bits per heavy atom. The molecule has 2 aromatic carbocycles. The van der Waals surface area contributed by atoms with E-state index in [-0.39, 0.29) is 36.0 Å². The lowest BCUT2D eigenvalue weighted by Gasteiger charge is -2.31. The molecule has 0 heterocycles. The van der Waals surface area contributed by atoms with Crippen molar-refractivity contribution in [2.75, 3.05) is 5.75 Å². The van der Waals surface area contributed by atoms with Gasteiger partial charge >= 0.3 is 0 Å². The van der Waals surface area contributed by atoms with E-state index in [1.807, 2.05) is 13.0 Å². The largest absolute Gasteiger partial charge is 0.352 e. The predicted molar refractivity (Wildman–Crippen MR) is 134 cm³/mol. The molecule has 1 atom stereocenters. The zero-order valence-corrected chi connectivity index (χ0v) is 21.0. The van der Waals surface area contributed by atoms with E-state index < -0.39 is 6.04 Å². The highest BCUT2D eigenvalue weighted by Crippen LogP contribution is 2.25. The van der Waals surface area contributed by atoms with Crippen LogP contribution in [-0.4, -0.2) is 34.6 Å². The molecule has 0 aromatic heterocycles. The first-order valence-corrected chi connectivity index (χ1v) is 13.1. The van der Waals surface area contributed by atoms with Crippen LogP contribution < -0.4 is 5.32 Å². The average Bonchev–Trinajstić information content (AvgIpc) is 3.30. The number of thioether (sulfide) groups is 1. The topological polar surface area (TPSA) is 49.4 Å². The van der Waals surface area contributed by atoms with Crippen molar-refractivity contribution in [3.05, 3.63) is 69.5 Å². The van der Waals surface area contributed by atoms with E-state index in [9.17, 15) is 14.0 Å². The van der Waals surface area contributed by atoms with Gasteiger partial charge in [-0.2, -0.15) is 0 Å². The Morgan fingerprint density at radius 1 is 1.09 bits per heavy atom. The van der Waals surface area contributed by atoms with Gasteiger partial charge in [0.05, 0.1) is 15.8 Å². The van der Waals surface area contributed by atoms with Gasteiger partial charge in [0.25, 0.3) is 0 Å². The Hall–Kier alpha value is -1.76. The van der Waals surface area contributed by atoms with Crippen LogP contribution in [0.25, 0.3) is 0 Å². The number of carbonyl (C=O) groups excluding carboxylic acids is 2. The first-order valence-electron chi connectivity index (χ1n) is 11.2. The molecule has 178 valence electrons. The van der Waals surface area contributed by atoms with Crippen LogP contribution >= 0.6 is 35.0 Å². The second-order valence-electron chi connectivity index (χ2n) is 8.30. The second kappa shape index (κ2) is 12.6. The third-order valence-corrected chi connectivity index (χ3v) is 7.56. The van der Waals surface area contributed by atoms with E-state index in [4.69, 9.17) is 23.2 Å². The minimum atomic E-state index is -0.570. The molecule has 2 aromatic rings. The molecule has 0 unspecified atom stereocenters. The molecule has 1 aliphatic carbocycles. The molecule has 2 amide bonds. The minimum Gasteiger partial charge on any atom is -0.352 e. The number of hydrogen-bond acceptors (Lipinski definition) is 3. The maximum absolute atomic E-state index is 13.3. The molecule has 0 saturated heterocycles. The summed E-state index contributed by atoms with van der Waals surface area (Å²) in [6.07, 6.45) is 4.71. The van der Waals surface area contributed by atoms with Gasteiger partial charge in [0.1, 0.15) is 11.9 Å². The molecule has 4 nitrogen and oxygen atoms in total. The van der Waals surface area contributed by atoms with E-state index in [2.05, 4.69) is 5.32 Å². The third-order valence-electron chi connectivity index (χ3n) is 5.83. The zero-order valence-electron chi connectivity index (χ0n) is 18.7. The highest BCUT2D eigenvalue weighted by atomic mass is 35.5. The van der Waals surface area contributed by atoms with Crippen molar-refractivity contribution in [3.8, 4) is 0 Å². The first kappa shape index (κ1) is 25.9. The Kier molecular flexibility index (Phi) is 9.90. The number of rotatable bonds is 10. The van der Waals surface area contributed by atoms with Gasteiger partial charge in [-0.05, 0) is 54.7 Å². The van der Waals surface area contributed by atoms with Crippen LogP contribution in [0.15, 0.2) is 42.5 Å². The molecule has 1 fully saturated rings. The molecule has 1 aliphatic rings. The minimum absolute atomic E-state index is 0.110. The van der Waals surface area contributed by atoms with Crippen LogP contribution in [0, 0.1) is 5.82 Å². The number of benzene rings is 2. The van der Waals surface area contributed by atoms with Gasteiger partial charge < -0.3 is 10.2 Å². The van der Waals surface area contributed by atoms with Gasteiger partial charge in [0.2, 0.25) is 11.8 Å². The first-order chi connectivity index (χ1) is 15.9. The summed E-state index contributed by atoms with van der Waals surface area (Å²) >= 11 is 13.7. The molecule has 0 bridgehead atoms. The molecule has 0 radical (unpaired) electrons. The molecule has 3 rings (SSSR count). The number of halogens is 3. The van der Waals surface area contributed by atoms with Crippen molar-refractivity contribution in [3.63, 3.8) is 0 Å². The second-order valence-corrected chi connectivity index (χ2v) is 10.1. The molecule has 33 heavy (non-hydrogen) atoms. The predicted octanol–water partition coefficient (Wildman–Crippen LogP) is 6.23. The number of amides is 2. The lowest BCUT2D eigenvalue weighted by atomic mass is 10.1. The van der Waals surface area contributed by atoms with Gasteiger partial charge in [-0.25, -0.2) is 4.39 Å². The molecule has 1 N–H and O–H groups in total. The number of carbonyl (C=O) groups is 2. The summed E-state index contributed by atoms with van der Waals surface area (Å²) in [6.45, 7) is 2.18. The maximum Gasteiger partial charge on any atom is 0.243 e. The summed E-state index contributed by atoms with van der Waals surface area (Å²) in [5.74, 6) is 0.276. The van der Waals surface area contributed by atoms with E-state index in [1.54, 1.807) is 29.2 Å². The summed E-state index contributed by atoms with van der Waals surface area (Å²) in [4.78, 5) is 28.1. The fourth-order valence-electron chi connectivity index (χ4n) is 4.04. The van der Waals surface area contributed by atoms with Crippen molar-refractivity contribution >= 4 is 46.8 Å². The summed E-state index contributed by atoms with van der Waals surface area (Å²) in [6, 6.07) is 11.1. The van der Waals surface area contributed by atoms with Crippen molar-refractivity contribution in [1.82, 2.24) is 10.2 Å². The average molecular weight is 511 g/mol. The van der Waals surface area contributed by atoms with Gasteiger partial charge in [-0.3, -0.25) is 9.59 Å². The molecular weight excluding hydrogens is 482 g/mol. The van der Waals surface area contributed by atoms with Crippen molar-refractivity contribution in [2.45, 2.75) is 63.4 Å².